The molecule has 1 fully saturated rings. The van der Waals surface area contributed by atoms with Crippen LogP contribution < -0.4 is 113 Å². The van der Waals surface area contributed by atoms with E-state index in [1.54, 1.807) is 48.6 Å². The minimum atomic E-state index is -1.06. The van der Waals surface area contributed by atoms with Gasteiger partial charge >= 0.3 is 121 Å². The maximum Gasteiger partial charge on any atom is 1.00 e. The van der Waals surface area contributed by atoms with Crippen molar-refractivity contribution in [3.05, 3.63) is 0 Å². The summed E-state index contributed by atoms with van der Waals surface area (Å²) in [5, 5.41) is 45.0. The number of hydrogen-bond acceptors (Lipinski definition) is 22. The summed E-state index contributed by atoms with van der Waals surface area (Å²) in [5.74, 6) is 0.514. The Kier molecular flexibility index (Phi) is 71.0. The summed E-state index contributed by atoms with van der Waals surface area (Å²) in [4.78, 5) is 46.3. The van der Waals surface area contributed by atoms with E-state index in [9.17, 15) is 14.4 Å². The number of rotatable bonds is 24. The molecular formula is C40H83ClK2N2O21. The zero-order valence-corrected chi connectivity index (χ0v) is 49.1. The minimum Gasteiger partial charge on any atom is -1.00 e. The van der Waals surface area contributed by atoms with Crippen molar-refractivity contribution in [1.29, 1.82) is 0 Å². The molecule has 23 nitrogen and oxygen atoms in total. The minimum absolute atomic E-state index is 0. The molecule has 1 atom stereocenters. The Morgan fingerprint density at radius 1 is 0.697 bits per heavy atom. The second-order valence-corrected chi connectivity index (χ2v) is 15.6. The summed E-state index contributed by atoms with van der Waals surface area (Å²) >= 11 is 5.34. The normalized spacial score (nSPS) is 12.5. The van der Waals surface area contributed by atoms with Gasteiger partial charge in [0, 0.05) is 39.0 Å². The van der Waals surface area contributed by atoms with E-state index in [1.807, 2.05) is 27.8 Å². The van der Waals surface area contributed by atoms with Gasteiger partial charge in [-0.2, -0.15) is 0 Å². The Labute approximate surface area is 484 Å². The number of amides is 1. The van der Waals surface area contributed by atoms with Gasteiger partial charge in [0.15, 0.2) is 6.29 Å². The van der Waals surface area contributed by atoms with E-state index in [4.69, 9.17) is 89.4 Å². The molecule has 1 rings (SSSR count). The van der Waals surface area contributed by atoms with Gasteiger partial charge in [0.1, 0.15) is 16.8 Å². The average Bonchev–Trinajstić information content (AvgIpc) is 3.68. The third-order valence-electron chi connectivity index (χ3n) is 5.71. The van der Waals surface area contributed by atoms with E-state index >= 15 is 0 Å². The van der Waals surface area contributed by atoms with Crippen LogP contribution in [0.3, 0.4) is 0 Å². The van der Waals surface area contributed by atoms with Gasteiger partial charge in [0.25, 0.3) is 6.47 Å². The molecule has 0 aliphatic carbocycles. The summed E-state index contributed by atoms with van der Waals surface area (Å²) in [7, 11) is 3.55. The van der Waals surface area contributed by atoms with Gasteiger partial charge < -0.3 is 94.3 Å². The number of halogens is 1. The van der Waals surface area contributed by atoms with Crippen LogP contribution in [0.2, 0.25) is 0 Å². The van der Waals surface area contributed by atoms with E-state index in [0.29, 0.717) is 91.7 Å². The fourth-order valence-corrected chi connectivity index (χ4v) is 3.30. The molecule has 0 spiro atoms. The standard InChI is InChI=1S/C12H25NO5.C10H18O5.C7H17NO3.C6H13ClO3.C4H8O2.CH2O3.2K.H/c1-12(2,3)18-11(15)13(4)5-7-16-9-10-17-8-6-14;1-9(2,3)14-7(11)13-8(12)15-10(4,5)6;1-8-2-4-10-6-7-11-5-3-9;7-1-3-9-5-6-10-4-2-8;5-4-2-1-3-6-4;2-1-4-3;;;/h14H,5-10H2,1-4H3;1-6H3;8-9H,2-7H2,1H3;8H,1-6H2;4-5H,1-3H2;1,3H;;;/q;;;;;;2*+1;-1/p-1. The number of hydrogen-bond donors (Lipinski definition) is 5. The van der Waals surface area contributed by atoms with E-state index < -0.39 is 35.4 Å². The molecule has 1 aliphatic heterocycles. The maximum absolute atomic E-state index is 11.6. The summed E-state index contributed by atoms with van der Waals surface area (Å²) in [6.45, 7) is 23.5. The van der Waals surface area contributed by atoms with Crippen LogP contribution in [0.15, 0.2) is 0 Å². The first-order valence-corrected chi connectivity index (χ1v) is 21.1. The topological polar surface area (TPSA) is 298 Å². The molecule has 66 heavy (non-hydrogen) atoms. The van der Waals surface area contributed by atoms with E-state index in [0.717, 1.165) is 26.0 Å². The molecule has 1 aliphatic rings. The molecule has 26 heteroatoms. The Bertz CT molecular complexity index is 1000. The van der Waals surface area contributed by atoms with Gasteiger partial charge in [-0.1, -0.05) is 0 Å². The predicted molar refractivity (Wildman–Crippen MR) is 233 cm³/mol. The van der Waals surface area contributed by atoms with Crippen LogP contribution >= 0.6 is 11.6 Å². The number of aliphatic hydroxyl groups excluding tert-OH is 4. The van der Waals surface area contributed by atoms with E-state index in [1.165, 1.54) is 4.90 Å². The third kappa shape index (κ3) is 84.5. The van der Waals surface area contributed by atoms with Crippen LogP contribution in [0, 0.1) is 0 Å². The molecule has 1 unspecified atom stereocenters. The van der Waals surface area contributed by atoms with Crippen LogP contribution in [0.25, 0.3) is 0 Å². The van der Waals surface area contributed by atoms with Crippen LogP contribution in [0.5, 0.6) is 0 Å². The molecule has 0 saturated carbocycles. The summed E-state index contributed by atoms with van der Waals surface area (Å²) in [5.41, 5.74) is -1.87. The van der Waals surface area contributed by atoms with Crippen LogP contribution in [0.4, 0.5) is 14.4 Å². The molecule has 1 heterocycles. The number of ether oxygens (including phenoxy) is 11. The first-order chi connectivity index (χ1) is 30.0. The van der Waals surface area contributed by atoms with Gasteiger partial charge in [-0.15, -0.1) is 11.6 Å². The van der Waals surface area contributed by atoms with Crippen LogP contribution in [0.1, 0.15) is 76.6 Å². The van der Waals surface area contributed by atoms with Gasteiger partial charge in [-0.05, 0) is 75.8 Å². The number of likely N-dealkylation sites (N-methyl/N-ethyl adjacent to an activating group) is 2. The van der Waals surface area contributed by atoms with Crippen molar-refractivity contribution >= 4 is 36.5 Å². The Balaban J connectivity index is -0.000000108. The summed E-state index contributed by atoms with van der Waals surface area (Å²) in [6.07, 6.45) is -1.10. The molecule has 1 amide bonds. The predicted octanol–water partition coefficient (Wildman–Crippen LogP) is -4.10. The molecule has 0 bridgehead atoms. The number of nitrogens with zero attached hydrogens (tertiary/aromatic N) is 1. The molecule has 0 aromatic rings. The number of alkyl halides is 1. The SMILES string of the molecule is CC(C)(C)OC(=O)OC(=O)OC(C)(C)C.CN(CCOCCOCCO)C(=O)OC(C)(C)C.CNCCOCCOCCO.O=CO[O-].OC1CCCO1.OCCOCCOCCCl.[H-].[K+].[K+]. The van der Waals surface area contributed by atoms with E-state index in [2.05, 4.69) is 14.9 Å². The largest absolute Gasteiger partial charge is 1.00 e. The third-order valence-corrected chi connectivity index (χ3v) is 5.86. The molecule has 1 saturated heterocycles. The van der Waals surface area contributed by atoms with Gasteiger partial charge in [-0.25, -0.2) is 14.4 Å². The van der Waals surface area contributed by atoms with Crippen molar-refractivity contribution in [3.8, 4) is 0 Å². The Morgan fingerprint density at radius 3 is 1.33 bits per heavy atom. The second-order valence-electron chi connectivity index (χ2n) is 15.2. The van der Waals surface area contributed by atoms with E-state index in [-0.39, 0.29) is 137 Å². The van der Waals surface area contributed by atoms with Crippen molar-refractivity contribution in [2.45, 2.75) is 98.2 Å². The molecule has 0 aromatic carbocycles. The number of nitrogens with one attached hydrogen (secondary N) is 1. The van der Waals surface area contributed by atoms with Gasteiger partial charge in [-0.3, -0.25) is 4.79 Å². The number of carbonyl (C=O) groups is 4. The summed E-state index contributed by atoms with van der Waals surface area (Å²) in [6, 6.07) is 0. The molecular weight excluding hydrogens is 958 g/mol. The zero-order chi connectivity index (χ0) is 50.1. The van der Waals surface area contributed by atoms with Crippen molar-refractivity contribution in [2.75, 3.05) is 139 Å². The fraction of sp³-hybridized carbons (Fsp3) is 0.900. The number of aliphatic hydroxyl groups is 4. The molecule has 5 N–H and O–H groups in total. The van der Waals surface area contributed by atoms with Crippen LogP contribution in [-0.4, -0.2) is 212 Å². The van der Waals surface area contributed by atoms with Crippen molar-refractivity contribution in [1.82, 2.24) is 10.2 Å². The zero-order valence-electron chi connectivity index (χ0n) is 43.1. The molecule has 0 radical (unpaired) electrons. The fourth-order valence-electron chi connectivity index (χ4n) is 3.19. The smallest absolute Gasteiger partial charge is 1.00 e. The van der Waals surface area contributed by atoms with Crippen molar-refractivity contribution in [2.24, 2.45) is 0 Å². The second kappa shape index (κ2) is 58.1. The average molecular weight is 1040 g/mol. The maximum atomic E-state index is 11.6. The van der Waals surface area contributed by atoms with Crippen molar-refractivity contribution in [3.63, 3.8) is 0 Å². The van der Waals surface area contributed by atoms with Crippen molar-refractivity contribution < 1.29 is 206 Å². The van der Waals surface area contributed by atoms with Gasteiger partial charge in [0.05, 0.1) is 99.1 Å². The molecule has 388 valence electrons. The Hall–Kier alpha value is 0.523. The summed E-state index contributed by atoms with van der Waals surface area (Å²) < 4.78 is 54.0. The first-order valence-electron chi connectivity index (χ1n) is 20.6. The quantitative estimate of drug-likeness (QED) is 0.00707. The molecule has 0 aromatic heterocycles. The monoisotopic (exact) mass is 1040 g/mol. The van der Waals surface area contributed by atoms with Gasteiger partial charge in [0.2, 0.25) is 0 Å². The Morgan fingerprint density at radius 2 is 1.06 bits per heavy atom. The number of carbonyl (C=O) groups excluding carboxylic acids is 4. The van der Waals surface area contributed by atoms with Crippen LogP contribution in [-0.2, 0) is 61.8 Å². The first kappa shape index (κ1) is 80.6.